The fourth-order valence-electron chi connectivity index (χ4n) is 1.19. The lowest BCUT2D eigenvalue weighted by Gasteiger charge is -2.13. The predicted octanol–water partition coefficient (Wildman–Crippen LogP) is 1.95. The average molecular weight is 199 g/mol. The van der Waals surface area contributed by atoms with Gasteiger partial charge >= 0.3 is 0 Å². The summed E-state index contributed by atoms with van der Waals surface area (Å²) in [6, 6.07) is 8.16. The molecule has 0 spiro atoms. The van der Waals surface area contributed by atoms with Crippen LogP contribution in [0.15, 0.2) is 24.3 Å². The summed E-state index contributed by atoms with van der Waals surface area (Å²) in [4.78, 5) is 0. The van der Waals surface area contributed by atoms with Crippen LogP contribution in [-0.4, -0.2) is 13.1 Å². The van der Waals surface area contributed by atoms with E-state index in [1.807, 2.05) is 18.2 Å². The van der Waals surface area contributed by atoms with Gasteiger partial charge in [-0.2, -0.15) is 0 Å². The Morgan fingerprint density at radius 3 is 2.92 bits per heavy atom. The molecular weight excluding hydrogens is 184 g/mol. The minimum atomic E-state index is 0.308. The zero-order valence-corrected chi connectivity index (χ0v) is 8.51. The van der Waals surface area contributed by atoms with Gasteiger partial charge in [-0.25, -0.2) is 0 Å². The van der Waals surface area contributed by atoms with Gasteiger partial charge in [-0.1, -0.05) is 23.7 Å². The standard InChI is InChI=1S/C10H15ClN2/c1-8(13-6-5-12)9-3-2-4-10(11)7-9/h2-4,7-8,13H,5-6,12H2,1H3. The zero-order valence-electron chi connectivity index (χ0n) is 7.76. The lowest BCUT2D eigenvalue weighted by atomic mass is 10.1. The number of halogens is 1. The normalized spacial score (nSPS) is 12.8. The van der Waals surface area contributed by atoms with E-state index in [0.29, 0.717) is 12.6 Å². The molecule has 72 valence electrons. The van der Waals surface area contributed by atoms with Crippen molar-refractivity contribution in [2.45, 2.75) is 13.0 Å². The summed E-state index contributed by atoms with van der Waals surface area (Å²) >= 11 is 5.87. The second-order valence-electron chi connectivity index (χ2n) is 3.02. The second kappa shape index (κ2) is 5.22. The Morgan fingerprint density at radius 1 is 1.54 bits per heavy atom. The highest BCUT2D eigenvalue weighted by Crippen LogP contribution is 2.16. The third-order valence-electron chi connectivity index (χ3n) is 1.94. The Morgan fingerprint density at radius 2 is 2.31 bits per heavy atom. The van der Waals surface area contributed by atoms with Crippen LogP contribution < -0.4 is 11.1 Å². The van der Waals surface area contributed by atoms with Gasteiger partial charge in [-0.05, 0) is 24.6 Å². The lowest BCUT2D eigenvalue weighted by Crippen LogP contribution is -2.25. The molecule has 0 aliphatic heterocycles. The van der Waals surface area contributed by atoms with Crippen LogP contribution in [0.5, 0.6) is 0 Å². The van der Waals surface area contributed by atoms with E-state index in [1.165, 1.54) is 5.56 Å². The van der Waals surface area contributed by atoms with Crippen molar-refractivity contribution in [3.63, 3.8) is 0 Å². The summed E-state index contributed by atoms with van der Waals surface area (Å²) < 4.78 is 0. The van der Waals surface area contributed by atoms with E-state index >= 15 is 0 Å². The average Bonchev–Trinajstić information content (AvgIpc) is 2.14. The first kappa shape index (κ1) is 10.5. The molecule has 3 N–H and O–H groups in total. The minimum absolute atomic E-state index is 0.308. The van der Waals surface area contributed by atoms with Gasteiger partial charge in [0, 0.05) is 24.2 Å². The van der Waals surface area contributed by atoms with E-state index < -0.39 is 0 Å². The largest absolute Gasteiger partial charge is 0.329 e. The van der Waals surface area contributed by atoms with E-state index in [9.17, 15) is 0 Å². The van der Waals surface area contributed by atoms with Crippen LogP contribution in [0.2, 0.25) is 5.02 Å². The first-order chi connectivity index (χ1) is 6.24. The molecule has 3 heteroatoms. The van der Waals surface area contributed by atoms with E-state index in [1.54, 1.807) is 0 Å². The Balaban J connectivity index is 2.60. The number of hydrogen-bond acceptors (Lipinski definition) is 2. The van der Waals surface area contributed by atoms with Gasteiger partial charge in [0.25, 0.3) is 0 Å². The van der Waals surface area contributed by atoms with Crippen molar-refractivity contribution in [3.05, 3.63) is 34.9 Å². The summed E-state index contributed by atoms with van der Waals surface area (Å²) in [5.74, 6) is 0. The van der Waals surface area contributed by atoms with Crippen LogP contribution >= 0.6 is 11.6 Å². The summed E-state index contributed by atoms with van der Waals surface area (Å²) in [7, 11) is 0. The Hall–Kier alpha value is -0.570. The quantitative estimate of drug-likeness (QED) is 0.776. The smallest absolute Gasteiger partial charge is 0.0409 e. The topological polar surface area (TPSA) is 38.0 Å². The van der Waals surface area contributed by atoms with E-state index in [4.69, 9.17) is 17.3 Å². The van der Waals surface area contributed by atoms with Crippen molar-refractivity contribution < 1.29 is 0 Å². The maximum absolute atomic E-state index is 5.87. The van der Waals surface area contributed by atoms with Crippen LogP contribution in [0.1, 0.15) is 18.5 Å². The lowest BCUT2D eigenvalue weighted by molar-refractivity contribution is 0.582. The summed E-state index contributed by atoms with van der Waals surface area (Å²) in [6.45, 7) is 3.58. The van der Waals surface area contributed by atoms with Crippen LogP contribution in [0.4, 0.5) is 0 Å². The first-order valence-electron chi connectivity index (χ1n) is 4.43. The third kappa shape index (κ3) is 3.35. The SMILES string of the molecule is CC(NCCN)c1cccc(Cl)c1. The molecule has 0 amide bonds. The van der Waals surface area contributed by atoms with Crippen molar-refractivity contribution in [1.29, 1.82) is 0 Å². The van der Waals surface area contributed by atoms with Crippen LogP contribution in [0.25, 0.3) is 0 Å². The van der Waals surface area contributed by atoms with Gasteiger partial charge < -0.3 is 11.1 Å². The molecule has 2 nitrogen and oxygen atoms in total. The molecule has 0 saturated carbocycles. The second-order valence-corrected chi connectivity index (χ2v) is 3.46. The summed E-state index contributed by atoms with van der Waals surface area (Å²) in [6.07, 6.45) is 0. The fourth-order valence-corrected chi connectivity index (χ4v) is 1.39. The van der Waals surface area contributed by atoms with Crippen LogP contribution in [0.3, 0.4) is 0 Å². The van der Waals surface area contributed by atoms with Crippen molar-refractivity contribution >= 4 is 11.6 Å². The third-order valence-corrected chi connectivity index (χ3v) is 2.18. The molecule has 1 aromatic rings. The Kier molecular flexibility index (Phi) is 4.22. The molecular formula is C10H15ClN2. The van der Waals surface area contributed by atoms with Crippen molar-refractivity contribution in [3.8, 4) is 0 Å². The number of hydrogen-bond donors (Lipinski definition) is 2. The highest BCUT2D eigenvalue weighted by molar-refractivity contribution is 6.30. The highest BCUT2D eigenvalue weighted by Gasteiger charge is 2.03. The molecule has 1 rings (SSSR count). The number of nitrogens with one attached hydrogen (secondary N) is 1. The van der Waals surface area contributed by atoms with Gasteiger partial charge in [-0.15, -0.1) is 0 Å². The predicted molar refractivity (Wildman–Crippen MR) is 56.9 cm³/mol. The van der Waals surface area contributed by atoms with Gasteiger partial charge in [0.05, 0.1) is 0 Å². The molecule has 1 atom stereocenters. The van der Waals surface area contributed by atoms with Crippen molar-refractivity contribution in [1.82, 2.24) is 5.32 Å². The maximum atomic E-state index is 5.87. The molecule has 1 unspecified atom stereocenters. The van der Waals surface area contributed by atoms with Crippen LogP contribution in [-0.2, 0) is 0 Å². The van der Waals surface area contributed by atoms with E-state index in [2.05, 4.69) is 18.3 Å². The van der Waals surface area contributed by atoms with Gasteiger partial charge in [0.1, 0.15) is 0 Å². The van der Waals surface area contributed by atoms with Crippen molar-refractivity contribution in [2.75, 3.05) is 13.1 Å². The van der Waals surface area contributed by atoms with Gasteiger partial charge in [0.2, 0.25) is 0 Å². The summed E-state index contributed by atoms with van der Waals surface area (Å²) in [5, 5.41) is 4.07. The van der Waals surface area contributed by atoms with Gasteiger partial charge in [-0.3, -0.25) is 0 Å². The molecule has 0 bridgehead atoms. The molecule has 13 heavy (non-hydrogen) atoms. The Labute approximate surface area is 84.1 Å². The number of nitrogens with two attached hydrogens (primary N) is 1. The highest BCUT2D eigenvalue weighted by atomic mass is 35.5. The Bertz CT molecular complexity index is 263. The first-order valence-corrected chi connectivity index (χ1v) is 4.80. The molecule has 0 saturated heterocycles. The van der Waals surface area contributed by atoms with Gasteiger partial charge in [0.15, 0.2) is 0 Å². The molecule has 0 radical (unpaired) electrons. The maximum Gasteiger partial charge on any atom is 0.0409 e. The molecule has 0 heterocycles. The molecule has 0 aromatic heterocycles. The van der Waals surface area contributed by atoms with Crippen LogP contribution in [0, 0.1) is 0 Å². The molecule has 1 aromatic carbocycles. The number of benzene rings is 1. The monoisotopic (exact) mass is 198 g/mol. The summed E-state index contributed by atoms with van der Waals surface area (Å²) in [5.41, 5.74) is 6.59. The minimum Gasteiger partial charge on any atom is -0.329 e. The molecule has 0 aliphatic rings. The number of rotatable bonds is 4. The molecule has 0 aliphatic carbocycles. The molecule has 0 fully saturated rings. The van der Waals surface area contributed by atoms with Crippen molar-refractivity contribution in [2.24, 2.45) is 5.73 Å². The van der Waals surface area contributed by atoms with E-state index in [-0.39, 0.29) is 0 Å². The fraction of sp³-hybridized carbons (Fsp3) is 0.400. The zero-order chi connectivity index (χ0) is 9.68. The van der Waals surface area contributed by atoms with E-state index in [0.717, 1.165) is 11.6 Å².